The van der Waals surface area contributed by atoms with Crippen LogP contribution in [0.4, 0.5) is 11.8 Å². The van der Waals surface area contributed by atoms with Gasteiger partial charge < -0.3 is 20.2 Å². The summed E-state index contributed by atoms with van der Waals surface area (Å²) >= 11 is 0. The second-order valence-corrected chi connectivity index (χ2v) is 7.03. The Labute approximate surface area is 147 Å². The van der Waals surface area contributed by atoms with E-state index >= 15 is 0 Å². The van der Waals surface area contributed by atoms with E-state index in [1.165, 1.54) is 6.20 Å². The molecule has 0 amide bonds. The quantitative estimate of drug-likeness (QED) is 0.741. The summed E-state index contributed by atoms with van der Waals surface area (Å²) in [6.07, 6.45) is 2.54. The van der Waals surface area contributed by atoms with Gasteiger partial charge >= 0.3 is 0 Å². The van der Waals surface area contributed by atoms with Crippen molar-refractivity contribution in [3.05, 3.63) is 35.4 Å². The van der Waals surface area contributed by atoms with Gasteiger partial charge in [-0.1, -0.05) is 13.8 Å². The number of hydrogen-bond donors (Lipinski definition) is 3. The molecule has 1 aliphatic rings. The number of nitrogens with zero attached hydrogens (tertiary/aromatic N) is 3. The molecular formula is C18H23N5O2. The predicted molar refractivity (Wildman–Crippen MR) is 94.2 cm³/mol. The summed E-state index contributed by atoms with van der Waals surface area (Å²) in [5.41, 5.74) is 0.145. The van der Waals surface area contributed by atoms with E-state index in [4.69, 9.17) is 4.42 Å². The molecular weight excluding hydrogens is 318 g/mol. The zero-order valence-corrected chi connectivity index (χ0v) is 14.7. The van der Waals surface area contributed by atoms with Crippen molar-refractivity contribution < 1.29 is 9.52 Å². The number of aryl methyl sites for hydroxylation is 1. The summed E-state index contributed by atoms with van der Waals surface area (Å²) in [6, 6.07) is 6.07. The molecule has 0 spiro atoms. The molecule has 2 aromatic heterocycles. The Hall–Kier alpha value is -2.59. The number of anilines is 2. The van der Waals surface area contributed by atoms with Crippen molar-refractivity contribution in [2.75, 3.05) is 17.2 Å². The van der Waals surface area contributed by atoms with Crippen LogP contribution in [-0.2, 0) is 6.42 Å². The average Bonchev–Trinajstić information content (AvgIpc) is 3.00. The lowest BCUT2D eigenvalue weighted by Gasteiger charge is -2.49. The maximum Gasteiger partial charge on any atom is 0.224 e. The second kappa shape index (κ2) is 6.73. The molecule has 1 unspecified atom stereocenters. The smallest absolute Gasteiger partial charge is 0.224 e. The summed E-state index contributed by atoms with van der Waals surface area (Å²) < 4.78 is 5.53. The predicted octanol–water partition coefficient (Wildman–Crippen LogP) is 2.48. The second-order valence-electron chi connectivity index (χ2n) is 7.03. The van der Waals surface area contributed by atoms with E-state index in [2.05, 4.69) is 26.7 Å². The van der Waals surface area contributed by atoms with Crippen molar-refractivity contribution in [2.24, 2.45) is 5.41 Å². The van der Waals surface area contributed by atoms with Gasteiger partial charge in [-0.2, -0.15) is 10.2 Å². The molecule has 2 atom stereocenters. The zero-order chi connectivity index (χ0) is 18.0. The lowest BCUT2D eigenvalue weighted by molar-refractivity contribution is -0.0511. The van der Waals surface area contributed by atoms with Crippen molar-refractivity contribution in [3.8, 4) is 6.07 Å². The van der Waals surface area contributed by atoms with Crippen LogP contribution in [0.3, 0.4) is 0 Å². The van der Waals surface area contributed by atoms with Crippen molar-refractivity contribution >= 4 is 11.8 Å². The van der Waals surface area contributed by atoms with E-state index in [1.54, 1.807) is 0 Å². The van der Waals surface area contributed by atoms with Gasteiger partial charge in [-0.3, -0.25) is 0 Å². The fourth-order valence-electron chi connectivity index (χ4n) is 2.89. The van der Waals surface area contributed by atoms with E-state index < -0.39 is 0 Å². The van der Waals surface area contributed by atoms with Crippen LogP contribution in [0.1, 0.15) is 37.4 Å². The molecule has 1 saturated carbocycles. The third kappa shape index (κ3) is 3.59. The minimum absolute atomic E-state index is 0.0726. The molecule has 7 nitrogen and oxygen atoms in total. The number of aliphatic hydroxyl groups is 1. The van der Waals surface area contributed by atoms with Gasteiger partial charge in [0, 0.05) is 24.4 Å². The standard InChI is InChI=1S/C18H23N5O2/c1-11-4-5-13(25-11)6-7-20-17-21-10-12(9-19)16(23-17)22-14-8-15(24)18(14,2)3/h4-5,10,14-15,24H,6-8H2,1-3H3,(H2,20,21,22,23)/t14-,15?/m1/s1. The first-order valence-electron chi connectivity index (χ1n) is 8.41. The first-order chi connectivity index (χ1) is 11.9. The summed E-state index contributed by atoms with van der Waals surface area (Å²) in [6.45, 7) is 6.54. The third-order valence-corrected chi connectivity index (χ3v) is 4.89. The number of furan rings is 1. The van der Waals surface area contributed by atoms with Crippen LogP contribution in [0, 0.1) is 23.7 Å². The molecule has 25 heavy (non-hydrogen) atoms. The Morgan fingerprint density at radius 3 is 2.84 bits per heavy atom. The van der Waals surface area contributed by atoms with Gasteiger partial charge in [-0.15, -0.1) is 0 Å². The van der Waals surface area contributed by atoms with Gasteiger partial charge in [-0.05, 0) is 25.5 Å². The molecule has 0 aromatic carbocycles. The number of aromatic nitrogens is 2. The molecule has 0 bridgehead atoms. The Morgan fingerprint density at radius 2 is 2.24 bits per heavy atom. The number of rotatable bonds is 6. The molecule has 0 saturated heterocycles. The van der Waals surface area contributed by atoms with Crippen molar-refractivity contribution in [1.82, 2.24) is 9.97 Å². The van der Waals surface area contributed by atoms with Gasteiger partial charge in [0.2, 0.25) is 5.95 Å². The zero-order valence-electron chi connectivity index (χ0n) is 14.7. The van der Waals surface area contributed by atoms with Crippen molar-refractivity contribution in [2.45, 2.75) is 45.8 Å². The van der Waals surface area contributed by atoms with Crippen LogP contribution in [0.2, 0.25) is 0 Å². The van der Waals surface area contributed by atoms with Gasteiger partial charge in [0.15, 0.2) is 0 Å². The fraction of sp³-hybridized carbons (Fsp3) is 0.500. The van der Waals surface area contributed by atoms with Crippen molar-refractivity contribution in [3.63, 3.8) is 0 Å². The lowest BCUT2D eigenvalue weighted by atomic mass is 9.64. The Kier molecular flexibility index (Phi) is 4.64. The van der Waals surface area contributed by atoms with Gasteiger partial charge in [0.25, 0.3) is 0 Å². The minimum atomic E-state index is -0.341. The van der Waals surface area contributed by atoms with Crippen LogP contribution < -0.4 is 10.6 Å². The normalized spacial score (nSPS) is 21.2. The Bertz CT molecular complexity index is 793. The van der Waals surface area contributed by atoms with Crippen LogP contribution in [0.25, 0.3) is 0 Å². The lowest BCUT2D eigenvalue weighted by Crippen LogP contribution is -2.57. The van der Waals surface area contributed by atoms with Crippen LogP contribution in [0.15, 0.2) is 22.7 Å². The van der Waals surface area contributed by atoms with Crippen LogP contribution >= 0.6 is 0 Å². The molecule has 132 valence electrons. The molecule has 3 N–H and O–H groups in total. The van der Waals surface area contributed by atoms with Gasteiger partial charge in [0.05, 0.1) is 12.3 Å². The van der Waals surface area contributed by atoms with E-state index in [1.807, 2.05) is 32.9 Å². The molecule has 3 rings (SSSR count). The largest absolute Gasteiger partial charge is 0.466 e. The van der Waals surface area contributed by atoms with Crippen molar-refractivity contribution in [1.29, 1.82) is 5.26 Å². The van der Waals surface area contributed by atoms with Gasteiger partial charge in [-0.25, -0.2) is 4.98 Å². The summed E-state index contributed by atoms with van der Waals surface area (Å²) in [4.78, 5) is 8.61. The molecule has 1 aliphatic carbocycles. The monoisotopic (exact) mass is 341 g/mol. The number of nitrogens with one attached hydrogen (secondary N) is 2. The Balaban J connectivity index is 1.64. The SMILES string of the molecule is Cc1ccc(CCNc2ncc(C#N)c(N[C@@H]3CC(O)C3(C)C)n2)o1. The average molecular weight is 341 g/mol. The Morgan fingerprint density at radius 1 is 1.44 bits per heavy atom. The maximum atomic E-state index is 9.87. The van der Waals surface area contributed by atoms with Crippen LogP contribution in [-0.4, -0.2) is 33.8 Å². The van der Waals surface area contributed by atoms with E-state index in [9.17, 15) is 10.4 Å². The highest BCUT2D eigenvalue weighted by atomic mass is 16.3. The molecule has 2 aromatic rings. The summed E-state index contributed by atoms with van der Waals surface area (Å²) in [5, 5.41) is 25.6. The van der Waals surface area contributed by atoms with Crippen LogP contribution in [0.5, 0.6) is 0 Å². The first-order valence-corrected chi connectivity index (χ1v) is 8.41. The number of nitriles is 1. The van der Waals surface area contributed by atoms with E-state index in [0.29, 0.717) is 30.3 Å². The van der Waals surface area contributed by atoms with E-state index in [-0.39, 0.29) is 17.6 Å². The molecule has 1 fully saturated rings. The highest BCUT2D eigenvalue weighted by molar-refractivity contribution is 5.54. The highest BCUT2D eigenvalue weighted by Crippen LogP contribution is 2.42. The molecule has 0 aliphatic heterocycles. The van der Waals surface area contributed by atoms with E-state index in [0.717, 1.165) is 17.9 Å². The third-order valence-electron chi connectivity index (χ3n) is 4.89. The minimum Gasteiger partial charge on any atom is -0.466 e. The molecule has 7 heteroatoms. The number of hydrogen-bond acceptors (Lipinski definition) is 7. The summed E-state index contributed by atoms with van der Waals surface area (Å²) in [7, 11) is 0. The van der Waals surface area contributed by atoms with Gasteiger partial charge in [0.1, 0.15) is 29.0 Å². The topological polar surface area (TPSA) is 107 Å². The molecule has 2 heterocycles. The molecule has 0 radical (unpaired) electrons. The number of aliphatic hydroxyl groups excluding tert-OH is 1. The first kappa shape index (κ1) is 17.2. The maximum absolute atomic E-state index is 9.87. The summed E-state index contributed by atoms with van der Waals surface area (Å²) in [5.74, 6) is 2.75. The highest BCUT2D eigenvalue weighted by Gasteiger charge is 2.47. The fourth-order valence-corrected chi connectivity index (χ4v) is 2.89.